The van der Waals surface area contributed by atoms with Gasteiger partial charge in [0, 0.05) is 36.4 Å². The van der Waals surface area contributed by atoms with E-state index < -0.39 is 0 Å². The average molecular weight is 326 g/mol. The summed E-state index contributed by atoms with van der Waals surface area (Å²) in [6.07, 6.45) is 6.30. The Kier molecular flexibility index (Phi) is 4.83. The first kappa shape index (κ1) is 15.4. The molecule has 0 aliphatic heterocycles. The van der Waals surface area contributed by atoms with Gasteiger partial charge in [0.05, 0.1) is 6.33 Å². The van der Waals surface area contributed by atoms with Crippen LogP contribution in [0, 0.1) is 6.92 Å². The van der Waals surface area contributed by atoms with Crippen molar-refractivity contribution in [3.05, 3.63) is 59.6 Å². The third-order valence-corrected chi connectivity index (χ3v) is 4.36. The molecule has 3 rings (SSSR count). The fourth-order valence-corrected chi connectivity index (χ4v) is 2.99. The second-order valence-corrected chi connectivity index (χ2v) is 6.17. The third-order valence-electron chi connectivity index (χ3n) is 3.47. The summed E-state index contributed by atoms with van der Waals surface area (Å²) in [5.41, 5.74) is 2.73. The van der Waals surface area contributed by atoms with Crippen molar-refractivity contribution in [2.45, 2.75) is 19.9 Å². The Balaban J connectivity index is 1.52. The van der Waals surface area contributed by atoms with E-state index in [1.54, 1.807) is 17.9 Å². The molecular formula is C17H18N4OS. The maximum Gasteiger partial charge on any atom is 0.270 e. The molecule has 2 heterocycles. The van der Waals surface area contributed by atoms with Crippen LogP contribution in [0.5, 0.6) is 0 Å². The highest BCUT2D eigenvalue weighted by molar-refractivity contribution is 7.13. The normalized spacial score (nSPS) is 10.7. The van der Waals surface area contributed by atoms with Crippen molar-refractivity contribution >= 4 is 17.2 Å². The summed E-state index contributed by atoms with van der Waals surface area (Å²) in [7, 11) is 0. The van der Waals surface area contributed by atoms with Crippen molar-refractivity contribution in [2.24, 2.45) is 0 Å². The molecule has 1 N–H and O–H groups in total. The standard InChI is InChI=1S/C17H18N4OS/c1-13-3-5-14(6-4-13)17-20-15(11-23-17)16(22)19-7-2-9-21-10-8-18-12-21/h3-6,8,10-12H,2,7,9H2,1H3,(H,19,22). The summed E-state index contributed by atoms with van der Waals surface area (Å²) < 4.78 is 1.99. The van der Waals surface area contributed by atoms with E-state index in [1.807, 2.05) is 42.0 Å². The number of aromatic nitrogens is 3. The van der Waals surface area contributed by atoms with Gasteiger partial charge >= 0.3 is 0 Å². The minimum atomic E-state index is -0.120. The van der Waals surface area contributed by atoms with Crippen molar-refractivity contribution < 1.29 is 4.79 Å². The minimum Gasteiger partial charge on any atom is -0.351 e. The number of thiazole rings is 1. The quantitative estimate of drug-likeness (QED) is 0.708. The molecule has 23 heavy (non-hydrogen) atoms. The number of nitrogens with zero attached hydrogens (tertiary/aromatic N) is 3. The van der Waals surface area contributed by atoms with Gasteiger partial charge in [0.15, 0.2) is 0 Å². The number of carbonyl (C=O) groups excluding carboxylic acids is 1. The summed E-state index contributed by atoms with van der Waals surface area (Å²) in [5.74, 6) is -0.120. The van der Waals surface area contributed by atoms with Crippen molar-refractivity contribution in [3.63, 3.8) is 0 Å². The lowest BCUT2D eigenvalue weighted by Crippen LogP contribution is -2.25. The van der Waals surface area contributed by atoms with Crippen molar-refractivity contribution in [1.29, 1.82) is 0 Å². The highest BCUT2D eigenvalue weighted by Gasteiger charge is 2.11. The molecule has 0 saturated heterocycles. The zero-order valence-corrected chi connectivity index (χ0v) is 13.7. The molecule has 6 heteroatoms. The van der Waals surface area contributed by atoms with Gasteiger partial charge in [0.2, 0.25) is 0 Å². The van der Waals surface area contributed by atoms with Crippen LogP contribution in [0.3, 0.4) is 0 Å². The summed E-state index contributed by atoms with van der Waals surface area (Å²) >= 11 is 1.49. The molecule has 0 spiro atoms. The van der Waals surface area contributed by atoms with Gasteiger partial charge in [0.1, 0.15) is 10.7 Å². The molecular weight excluding hydrogens is 308 g/mol. The second kappa shape index (κ2) is 7.19. The Morgan fingerprint density at radius 3 is 2.87 bits per heavy atom. The van der Waals surface area contributed by atoms with Crippen molar-refractivity contribution in [2.75, 3.05) is 6.54 Å². The molecule has 1 amide bonds. The number of hydrogen-bond acceptors (Lipinski definition) is 4. The summed E-state index contributed by atoms with van der Waals surface area (Å²) in [4.78, 5) is 20.5. The number of benzene rings is 1. The molecule has 0 fully saturated rings. The smallest absolute Gasteiger partial charge is 0.270 e. The van der Waals surface area contributed by atoms with Gasteiger partial charge in [-0.3, -0.25) is 4.79 Å². The number of nitrogens with one attached hydrogen (secondary N) is 1. The van der Waals surface area contributed by atoms with E-state index in [9.17, 15) is 4.79 Å². The lowest BCUT2D eigenvalue weighted by atomic mass is 10.2. The van der Waals surface area contributed by atoms with Crippen LogP contribution in [0.15, 0.2) is 48.4 Å². The molecule has 0 aliphatic rings. The molecule has 0 saturated carbocycles. The molecule has 1 aromatic carbocycles. The van der Waals surface area contributed by atoms with Gasteiger partial charge in [-0.15, -0.1) is 11.3 Å². The minimum absolute atomic E-state index is 0.120. The fourth-order valence-electron chi connectivity index (χ4n) is 2.18. The molecule has 0 bridgehead atoms. The molecule has 5 nitrogen and oxygen atoms in total. The van der Waals surface area contributed by atoms with Gasteiger partial charge in [-0.1, -0.05) is 29.8 Å². The van der Waals surface area contributed by atoms with E-state index in [2.05, 4.69) is 15.3 Å². The highest BCUT2D eigenvalue weighted by atomic mass is 32.1. The largest absolute Gasteiger partial charge is 0.351 e. The number of carbonyl (C=O) groups is 1. The molecule has 2 aromatic heterocycles. The van der Waals surface area contributed by atoms with Gasteiger partial charge < -0.3 is 9.88 Å². The maximum atomic E-state index is 12.1. The molecule has 3 aromatic rings. The fraction of sp³-hybridized carbons (Fsp3) is 0.235. The molecule has 0 atom stereocenters. The van der Waals surface area contributed by atoms with Gasteiger partial charge in [-0.05, 0) is 13.3 Å². The van der Waals surface area contributed by atoms with Crippen LogP contribution in [-0.2, 0) is 6.54 Å². The van der Waals surface area contributed by atoms with E-state index in [1.165, 1.54) is 16.9 Å². The van der Waals surface area contributed by atoms with E-state index in [0.29, 0.717) is 12.2 Å². The maximum absolute atomic E-state index is 12.1. The topological polar surface area (TPSA) is 59.8 Å². The summed E-state index contributed by atoms with van der Waals surface area (Å²) in [5, 5.41) is 5.58. The van der Waals surface area contributed by atoms with E-state index in [-0.39, 0.29) is 5.91 Å². The SMILES string of the molecule is Cc1ccc(-c2nc(C(=O)NCCCn3ccnc3)cs2)cc1. The van der Waals surface area contributed by atoms with Crippen LogP contribution in [0.1, 0.15) is 22.5 Å². The zero-order valence-electron chi connectivity index (χ0n) is 12.9. The molecule has 0 radical (unpaired) electrons. The Labute approximate surface area is 139 Å². The lowest BCUT2D eigenvalue weighted by molar-refractivity contribution is 0.0948. The van der Waals surface area contributed by atoms with Gasteiger partial charge in [-0.2, -0.15) is 0 Å². The van der Waals surface area contributed by atoms with Crippen LogP contribution in [-0.4, -0.2) is 27.0 Å². The summed E-state index contributed by atoms with van der Waals surface area (Å²) in [6.45, 7) is 3.51. The predicted octanol–water partition coefficient (Wildman–Crippen LogP) is 3.14. The Morgan fingerprint density at radius 2 is 2.13 bits per heavy atom. The first-order valence-corrected chi connectivity index (χ1v) is 8.37. The second-order valence-electron chi connectivity index (χ2n) is 5.31. The lowest BCUT2D eigenvalue weighted by Gasteiger charge is -2.04. The predicted molar refractivity (Wildman–Crippen MR) is 91.5 cm³/mol. The van der Waals surface area contributed by atoms with Crippen LogP contribution < -0.4 is 5.32 Å². The number of hydrogen-bond donors (Lipinski definition) is 1. The zero-order chi connectivity index (χ0) is 16.1. The first-order chi connectivity index (χ1) is 11.2. The van der Waals surface area contributed by atoms with Crippen LogP contribution in [0.4, 0.5) is 0 Å². The van der Waals surface area contributed by atoms with E-state index in [4.69, 9.17) is 0 Å². The Morgan fingerprint density at radius 1 is 1.30 bits per heavy atom. The number of amides is 1. The average Bonchev–Trinajstić information content (AvgIpc) is 3.24. The van der Waals surface area contributed by atoms with Crippen LogP contribution in [0.25, 0.3) is 10.6 Å². The monoisotopic (exact) mass is 326 g/mol. The first-order valence-electron chi connectivity index (χ1n) is 7.49. The Bertz CT molecular complexity index is 762. The van der Waals surface area contributed by atoms with Crippen LogP contribution >= 0.6 is 11.3 Å². The summed E-state index contributed by atoms with van der Waals surface area (Å²) in [6, 6.07) is 8.15. The van der Waals surface area contributed by atoms with Crippen molar-refractivity contribution in [3.8, 4) is 10.6 Å². The van der Waals surface area contributed by atoms with E-state index >= 15 is 0 Å². The molecule has 0 unspecified atom stereocenters. The van der Waals surface area contributed by atoms with Crippen molar-refractivity contribution in [1.82, 2.24) is 19.9 Å². The van der Waals surface area contributed by atoms with Gasteiger partial charge in [-0.25, -0.2) is 9.97 Å². The highest BCUT2D eigenvalue weighted by Crippen LogP contribution is 2.23. The van der Waals surface area contributed by atoms with E-state index in [0.717, 1.165) is 23.5 Å². The number of aryl methyl sites for hydroxylation is 2. The molecule has 118 valence electrons. The number of rotatable bonds is 6. The molecule has 0 aliphatic carbocycles. The van der Waals surface area contributed by atoms with Gasteiger partial charge in [0.25, 0.3) is 5.91 Å². The number of imidazole rings is 1. The van der Waals surface area contributed by atoms with Crippen LogP contribution in [0.2, 0.25) is 0 Å². The third kappa shape index (κ3) is 4.04. The Hall–Kier alpha value is -2.47.